The van der Waals surface area contributed by atoms with E-state index in [4.69, 9.17) is 0 Å². The molecule has 1 heterocycles. The van der Waals surface area contributed by atoms with Crippen LogP contribution in [0, 0.1) is 10.1 Å². The number of benzene rings is 1. The van der Waals surface area contributed by atoms with Gasteiger partial charge in [0.2, 0.25) is 0 Å². The normalized spacial score (nSPS) is 11.0. The molecule has 0 atom stereocenters. The number of carbonyl (C=O) groups excluding carboxylic acids is 1. The highest BCUT2D eigenvalue weighted by molar-refractivity contribution is 5.95. The van der Waals surface area contributed by atoms with Gasteiger partial charge < -0.3 is 10.4 Å². The van der Waals surface area contributed by atoms with Crippen molar-refractivity contribution in [3.8, 4) is 5.75 Å². The van der Waals surface area contributed by atoms with Crippen LogP contribution in [0.25, 0.3) is 0 Å². The number of amides is 1. The average molecular weight is 315 g/mol. The second-order valence-corrected chi connectivity index (χ2v) is 5.76. The molecule has 1 amide bonds. The van der Waals surface area contributed by atoms with Crippen LogP contribution in [-0.2, 0) is 5.41 Å². The molecule has 2 aromatic rings. The van der Waals surface area contributed by atoms with E-state index >= 15 is 0 Å². The Morgan fingerprint density at radius 2 is 1.96 bits per heavy atom. The number of aromatic hydroxyl groups is 1. The zero-order chi connectivity index (χ0) is 17.0. The Morgan fingerprint density at radius 3 is 2.57 bits per heavy atom. The number of nitrogens with zero attached hydrogens (tertiary/aromatic N) is 2. The topological polar surface area (TPSA) is 105 Å². The van der Waals surface area contributed by atoms with E-state index in [1.165, 1.54) is 6.07 Å². The zero-order valence-electron chi connectivity index (χ0n) is 12.8. The number of rotatable bonds is 5. The summed E-state index contributed by atoms with van der Waals surface area (Å²) in [5.41, 5.74) is 0.331. The molecule has 0 fully saturated rings. The molecule has 0 radical (unpaired) electrons. The highest BCUT2D eigenvalue weighted by atomic mass is 16.6. The summed E-state index contributed by atoms with van der Waals surface area (Å²) in [6.45, 7) is 4.30. The first-order valence-corrected chi connectivity index (χ1v) is 6.97. The minimum Gasteiger partial charge on any atom is -0.502 e. The summed E-state index contributed by atoms with van der Waals surface area (Å²) < 4.78 is 0. The van der Waals surface area contributed by atoms with E-state index in [0.717, 1.165) is 17.7 Å². The van der Waals surface area contributed by atoms with Crippen LogP contribution in [0.1, 0.15) is 29.8 Å². The van der Waals surface area contributed by atoms with Gasteiger partial charge in [0.15, 0.2) is 5.75 Å². The fourth-order valence-electron chi connectivity index (χ4n) is 2.12. The standard InChI is InChI=1S/C16H17N3O4/c1-16(2,12-5-7-17-8-6-12)10-18-15(21)11-3-4-14(20)13(9-11)19(22)23/h3-9,20H,10H2,1-2H3,(H,18,21). The fraction of sp³-hybridized carbons (Fsp3) is 0.250. The molecular formula is C16H17N3O4. The molecule has 0 saturated carbocycles. The van der Waals surface area contributed by atoms with Gasteiger partial charge in [0.25, 0.3) is 5.91 Å². The summed E-state index contributed by atoms with van der Waals surface area (Å²) in [6.07, 6.45) is 3.37. The number of phenolic OH excluding ortho intramolecular Hbond substituents is 1. The predicted octanol–water partition coefficient (Wildman–Crippen LogP) is 2.40. The number of pyridine rings is 1. The van der Waals surface area contributed by atoms with Gasteiger partial charge in [-0.15, -0.1) is 0 Å². The van der Waals surface area contributed by atoms with Crippen molar-refractivity contribution in [2.75, 3.05) is 6.54 Å². The second-order valence-electron chi connectivity index (χ2n) is 5.76. The summed E-state index contributed by atoms with van der Waals surface area (Å²) in [4.78, 5) is 26.2. The van der Waals surface area contributed by atoms with Crippen LogP contribution in [-0.4, -0.2) is 27.5 Å². The number of aromatic nitrogens is 1. The van der Waals surface area contributed by atoms with Crippen molar-refractivity contribution in [2.45, 2.75) is 19.3 Å². The number of hydrogen-bond acceptors (Lipinski definition) is 5. The summed E-state index contributed by atoms with van der Waals surface area (Å²) in [7, 11) is 0. The van der Waals surface area contributed by atoms with Gasteiger partial charge in [-0.2, -0.15) is 0 Å². The zero-order valence-corrected chi connectivity index (χ0v) is 12.8. The van der Waals surface area contributed by atoms with Gasteiger partial charge in [0.1, 0.15) is 0 Å². The number of carbonyl (C=O) groups is 1. The maximum absolute atomic E-state index is 12.2. The van der Waals surface area contributed by atoms with Gasteiger partial charge in [-0.25, -0.2) is 0 Å². The molecule has 2 rings (SSSR count). The highest BCUT2D eigenvalue weighted by Gasteiger charge is 2.22. The van der Waals surface area contributed by atoms with Crippen molar-refractivity contribution in [1.82, 2.24) is 10.3 Å². The van der Waals surface area contributed by atoms with E-state index in [1.807, 2.05) is 26.0 Å². The Kier molecular flexibility index (Phi) is 4.59. The Balaban J connectivity index is 2.11. The molecule has 0 saturated heterocycles. The lowest BCUT2D eigenvalue weighted by molar-refractivity contribution is -0.385. The number of nitro groups is 1. The Labute approximate surface area is 133 Å². The van der Waals surface area contributed by atoms with Crippen molar-refractivity contribution in [2.24, 2.45) is 0 Å². The van der Waals surface area contributed by atoms with Crippen LogP contribution < -0.4 is 5.32 Å². The minimum absolute atomic E-state index is 0.125. The third-order valence-corrected chi connectivity index (χ3v) is 3.59. The summed E-state index contributed by atoms with van der Waals surface area (Å²) in [5, 5.41) is 23.0. The van der Waals surface area contributed by atoms with E-state index in [9.17, 15) is 20.0 Å². The molecular weight excluding hydrogens is 298 g/mol. The van der Waals surface area contributed by atoms with Crippen molar-refractivity contribution in [3.63, 3.8) is 0 Å². The number of nitro benzene ring substituents is 1. The molecule has 23 heavy (non-hydrogen) atoms. The van der Waals surface area contributed by atoms with Crippen molar-refractivity contribution in [3.05, 3.63) is 64.0 Å². The molecule has 0 bridgehead atoms. The van der Waals surface area contributed by atoms with E-state index in [1.54, 1.807) is 12.4 Å². The quantitative estimate of drug-likeness (QED) is 0.651. The van der Waals surface area contributed by atoms with Gasteiger partial charge in [-0.1, -0.05) is 13.8 Å². The third kappa shape index (κ3) is 3.82. The molecule has 0 spiro atoms. The molecule has 120 valence electrons. The van der Waals surface area contributed by atoms with E-state index in [0.29, 0.717) is 6.54 Å². The third-order valence-electron chi connectivity index (χ3n) is 3.59. The summed E-state index contributed by atoms with van der Waals surface area (Å²) in [6, 6.07) is 7.29. The molecule has 2 N–H and O–H groups in total. The van der Waals surface area contributed by atoms with Crippen LogP contribution >= 0.6 is 0 Å². The Bertz CT molecular complexity index is 729. The van der Waals surface area contributed by atoms with E-state index in [2.05, 4.69) is 10.3 Å². The van der Waals surface area contributed by atoms with Crippen molar-refractivity contribution >= 4 is 11.6 Å². The van der Waals surface area contributed by atoms with Crippen LogP contribution in [0.15, 0.2) is 42.7 Å². The monoisotopic (exact) mass is 315 g/mol. The lowest BCUT2D eigenvalue weighted by Crippen LogP contribution is -2.36. The van der Waals surface area contributed by atoms with Crippen LogP contribution in [0.3, 0.4) is 0 Å². The van der Waals surface area contributed by atoms with Gasteiger partial charge in [-0.05, 0) is 29.8 Å². The molecule has 0 aliphatic carbocycles. The molecule has 1 aromatic carbocycles. The Hall–Kier alpha value is -2.96. The first kappa shape index (κ1) is 16.4. The molecule has 0 aliphatic heterocycles. The highest BCUT2D eigenvalue weighted by Crippen LogP contribution is 2.26. The maximum Gasteiger partial charge on any atom is 0.311 e. The fourth-order valence-corrected chi connectivity index (χ4v) is 2.12. The van der Waals surface area contributed by atoms with Gasteiger partial charge in [0.05, 0.1) is 4.92 Å². The van der Waals surface area contributed by atoms with E-state index < -0.39 is 22.3 Å². The maximum atomic E-state index is 12.2. The molecule has 0 aliphatic rings. The van der Waals surface area contributed by atoms with Gasteiger partial charge in [-0.3, -0.25) is 19.9 Å². The molecule has 7 nitrogen and oxygen atoms in total. The number of nitrogens with one attached hydrogen (secondary N) is 1. The molecule has 7 heteroatoms. The van der Waals surface area contributed by atoms with Gasteiger partial charge >= 0.3 is 5.69 Å². The molecule has 1 aromatic heterocycles. The minimum atomic E-state index is -0.729. The van der Waals surface area contributed by atoms with Gasteiger partial charge in [0, 0.05) is 36.0 Å². The number of phenols is 1. The lowest BCUT2D eigenvalue weighted by Gasteiger charge is -2.25. The second kappa shape index (κ2) is 6.43. The SMILES string of the molecule is CC(C)(CNC(=O)c1ccc(O)c([N+](=O)[O-])c1)c1ccncc1. The summed E-state index contributed by atoms with van der Waals surface area (Å²) >= 11 is 0. The average Bonchev–Trinajstić information content (AvgIpc) is 2.53. The van der Waals surface area contributed by atoms with Crippen LogP contribution in [0.5, 0.6) is 5.75 Å². The lowest BCUT2D eigenvalue weighted by atomic mass is 9.85. The predicted molar refractivity (Wildman–Crippen MR) is 84.4 cm³/mol. The number of hydrogen-bond donors (Lipinski definition) is 2. The van der Waals surface area contributed by atoms with Crippen molar-refractivity contribution in [1.29, 1.82) is 0 Å². The first-order chi connectivity index (χ1) is 10.8. The van der Waals surface area contributed by atoms with Crippen LogP contribution in [0.2, 0.25) is 0 Å². The summed E-state index contributed by atoms with van der Waals surface area (Å²) in [5.74, 6) is -0.904. The van der Waals surface area contributed by atoms with E-state index in [-0.39, 0.29) is 11.0 Å². The first-order valence-electron chi connectivity index (χ1n) is 6.97. The van der Waals surface area contributed by atoms with Crippen molar-refractivity contribution < 1.29 is 14.8 Å². The largest absolute Gasteiger partial charge is 0.502 e. The molecule has 0 unspecified atom stereocenters. The smallest absolute Gasteiger partial charge is 0.311 e. The van der Waals surface area contributed by atoms with Crippen LogP contribution in [0.4, 0.5) is 5.69 Å². The Morgan fingerprint density at radius 1 is 1.30 bits per heavy atom.